The molecule has 21 heavy (non-hydrogen) atoms. The number of nitrogens with zero attached hydrogens (tertiary/aromatic N) is 2. The van der Waals surface area contributed by atoms with Crippen LogP contribution in [0.15, 0.2) is 0 Å². The quantitative estimate of drug-likeness (QED) is 0.782. The van der Waals surface area contributed by atoms with Crippen molar-refractivity contribution in [3.8, 4) is 0 Å². The van der Waals surface area contributed by atoms with Crippen LogP contribution in [-0.2, 0) is 0 Å². The lowest BCUT2D eigenvalue weighted by Gasteiger charge is -2.52. The molecular formula is C18H36N2O. The monoisotopic (exact) mass is 296 g/mol. The van der Waals surface area contributed by atoms with Gasteiger partial charge in [0.2, 0.25) is 0 Å². The van der Waals surface area contributed by atoms with E-state index in [0.717, 1.165) is 24.9 Å². The van der Waals surface area contributed by atoms with E-state index in [-0.39, 0.29) is 0 Å². The molecule has 124 valence electrons. The van der Waals surface area contributed by atoms with E-state index >= 15 is 0 Å². The molecule has 0 aliphatic carbocycles. The first-order valence-corrected chi connectivity index (χ1v) is 8.93. The van der Waals surface area contributed by atoms with Gasteiger partial charge in [-0.3, -0.25) is 4.90 Å². The van der Waals surface area contributed by atoms with Crippen LogP contribution in [-0.4, -0.2) is 58.8 Å². The Morgan fingerprint density at radius 1 is 0.952 bits per heavy atom. The predicted octanol–water partition coefficient (Wildman–Crippen LogP) is 2.83. The van der Waals surface area contributed by atoms with Crippen molar-refractivity contribution in [2.24, 2.45) is 17.8 Å². The molecule has 0 aromatic heterocycles. The van der Waals surface area contributed by atoms with Crippen LogP contribution in [0.1, 0.15) is 54.4 Å². The molecule has 2 heterocycles. The Hall–Kier alpha value is -0.120. The molecular weight excluding hydrogens is 260 g/mol. The molecule has 0 bridgehead atoms. The van der Waals surface area contributed by atoms with Crippen molar-refractivity contribution < 1.29 is 5.11 Å². The lowest BCUT2D eigenvalue weighted by atomic mass is 9.80. The molecule has 3 heteroatoms. The second-order valence-electron chi connectivity index (χ2n) is 8.37. The summed E-state index contributed by atoms with van der Waals surface area (Å²) in [5, 5.41) is 10.4. The van der Waals surface area contributed by atoms with Gasteiger partial charge in [-0.05, 0) is 51.4 Å². The summed E-state index contributed by atoms with van der Waals surface area (Å²) in [5.41, 5.74) is -0.425. The lowest BCUT2D eigenvalue weighted by Crippen LogP contribution is -2.66. The third-order valence-corrected chi connectivity index (χ3v) is 6.16. The highest BCUT2D eigenvalue weighted by atomic mass is 16.3. The molecule has 2 aliphatic rings. The number of hydrogen-bond acceptors (Lipinski definition) is 3. The van der Waals surface area contributed by atoms with Gasteiger partial charge in [0.25, 0.3) is 0 Å². The fraction of sp³-hybridized carbons (Fsp3) is 1.00. The maximum Gasteiger partial charge on any atom is 0.0923 e. The summed E-state index contributed by atoms with van der Waals surface area (Å²) in [5.74, 6) is 2.12. The fourth-order valence-electron chi connectivity index (χ4n) is 3.59. The molecule has 2 aliphatic heterocycles. The van der Waals surface area contributed by atoms with Gasteiger partial charge in [0.15, 0.2) is 0 Å². The molecule has 2 rings (SSSR count). The highest BCUT2D eigenvalue weighted by Gasteiger charge is 2.45. The van der Waals surface area contributed by atoms with E-state index in [2.05, 4.69) is 51.3 Å². The molecule has 2 unspecified atom stereocenters. The molecule has 0 radical (unpaired) electrons. The summed E-state index contributed by atoms with van der Waals surface area (Å²) < 4.78 is 0. The predicted molar refractivity (Wildman–Crippen MR) is 89.4 cm³/mol. The Bertz CT molecular complexity index is 330. The Kier molecular flexibility index (Phi) is 5.38. The maximum atomic E-state index is 10.4. The van der Waals surface area contributed by atoms with Gasteiger partial charge >= 0.3 is 0 Å². The minimum absolute atomic E-state index is 0.372. The van der Waals surface area contributed by atoms with Gasteiger partial charge in [0.05, 0.1) is 5.60 Å². The Balaban J connectivity index is 1.63. The summed E-state index contributed by atoms with van der Waals surface area (Å²) in [6, 6.07) is 1.33. The zero-order valence-electron chi connectivity index (χ0n) is 15.0. The molecule has 2 saturated heterocycles. The van der Waals surface area contributed by atoms with E-state index in [1.54, 1.807) is 0 Å². The zero-order chi connectivity index (χ0) is 15.8. The van der Waals surface area contributed by atoms with E-state index in [9.17, 15) is 5.11 Å². The average Bonchev–Trinajstić information content (AvgIpc) is 2.29. The highest BCUT2D eigenvalue weighted by Crippen LogP contribution is 2.33. The van der Waals surface area contributed by atoms with Gasteiger partial charge in [-0.15, -0.1) is 0 Å². The maximum absolute atomic E-state index is 10.4. The van der Waals surface area contributed by atoms with E-state index < -0.39 is 5.60 Å². The standard InChI is InChI=1S/C18H36N2O/c1-13(2)18(21)11-20(12-18)16(6)8-7-15(5)17-9-19(10-17)14(3)4/h13-17,21H,7-12H2,1-6H3. The van der Waals surface area contributed by atoms with Crippen molar-refractivity contribution in [2.75, 3.05) is 26.2 Å². The topological polar surface area (TPSA) is 26.7 Å². The van der Waals surface area contributed by atoms with Crippen molar-refractivity contribution in [3.63, 3.8) is 0 Å². The first kappa shape index (κ1) is 17.2. The van der Waals surface area contributed by atoms with Crippen molar-refractivity contribution in [3.05, 3.63) is 0 Å². The summed E-state index contributed by atoms with van der Waals surface area (Å²) >= 11 is 0. The Labute approximate surface area is 131 Å². The molecule has 0 aromatic carbocycles. The molecule has 3 nitrogen and oxygen atoms in total. The van der Waals surface area contributed by atoms with E-state index in [4.69, 9.17) is 0 Å². The van der Waals surface area contributed by atoms with Crippen molar-refractivity contribution >= 4 is 0 Å². The SMILES string of the molecule is CC(CCC(C)N1CC(O)(C(C)C)C1)C1CN(C(C)C)C1. The molecule has 0 amide bonds. The van der Waals surface area contributed by atoms with Crippen molar-refractivity contribution in [1.82, 2.24) is 9.80 Å². The van der Waals surface area contributed by atoms with Crippen LogP contribution >= 0.6 is 0 Å². The van der Waals surface area contributed by atoms with Crippen LogP contribution in [0.5, 0.6) is 0 Å². The van der Waals surface area contributed by atoms with Crippen LogP contribution < -0.4 is 0 Å². The van der Waals surface area contributed by atoms with Gasteiger partial charge in [0, 0.05) is 38.3 Å². The number of rotatable bonds is 7. The zero-order valence-corrected chi connectivity index (χ0v) is 15.0. The number of β-amino-alcohol motifs (C(OH)–C–C–N with tert-alkyl or cyclic N) is 1. The molecule has 0 saturated carbocycles. The van der Waals surface area contributed by atoms with Gasteiger partial charge < -0.3 is 10.0 Å². The minimum Gasteiger partial charge on any atom is -0.387 e. The van der Waals surface area contributed by atoms with Gasteiger partial charge in [-0.25, -0.2) is 0 Å². The van der Waals surface area contributed by atoms with Crippen LogP contribution in [0.2, 0.25) is 0 Å². The fourth-order valence-corrected chi connectivity index (χ4v) is 3.59. The van der Waals surface area contributed by atoms with Gasteiger partial charge in [-0.1, -0.05) is 20.8 Å². The summed E-state index contributed by atoms with van der Waals surface area (Å²) in [4.78, 5) is 5.02. The first-order valence-electron chi connectivity index (χ1n) is 8.93. The minimum atomic E-state index is -0.425. The van der Waals surface area contributed by atoms with Crippen LogP contribution in [0.25, 0.3) is 0 Å². The molecule has 1 N–H and O–H groups in total. The summed E-state index contributed by atoms with van der Waals surface area (Å²) in [6.45, 7) is 17.9. The van der Waals surface area contributed by atoms with Gasteiger partial charge in [0.1, 0.15) is 0 Å². The largest absolute Gasteiger partial charge is 0.387 e. The van der Waals surface area contributed by atoms with Crippen molar-refractivity contribution in [2.45, 2.75) is 72.1 Å². The average molecular weight is 296 g/mol. The number of aliphatic hydroxyl groups is 1. The molecule has 2 fully saturated rings. The van der Waals surface area contributed by atoms with Gasteiger partial charge in [-0.2, -0.15) is 0 Å². The van der Waals surface area contributed by atoms with E-state index in [1.807, 2.05) is 0 Å². The third-order valence-electron chi connectivity index (χ3n) is 6.16. The Morgan fingerprint density at radius 3 is 2.00 bits per heavy atom. The summed E-state index contributed by atoms with van der Waals surface area (Å²) in [6.07, 6.45) is 2.60. The Morgan fingerprint density at radius 2 is 1.52 bits per heavy atom. The second kappa shape index (κ2) is 6.55. The normalized spacial score (nSPS) is 26.7. The molecule has 0 aromatic rings. The number of hydrogen-bond donors (Lipinski definition) is 1. The highest BCUT2D eigenvalue weighted by molar-refractivity contribution is 4.99. The first-order chi connectivity index (χ1) is 9.73. The number of likely N-dealkylation sites (tertiary alicyclic amines) is 2. The molecule has 2 atom stereocenters. The van der Waals surface area contributed by atoms with E-state index in [1.165, 1.54) is 25.9 Å². The van der Waals surface area contributed by atoms with Crippen LogP contribution in [0, 0.1) is 17.8 Å². The van der Waals surface area contributed by atoms with Crippen LogP contribution in [0.4, 0.5) is 0 Å². The second-order valence-corrected chi connectivity index (χ2v) is 8.37. The summed E-state index contributed by atoms with van der Waals surface area (Å²) in [7, 11) is 0. The van der Waals surface area contributed by atoms with E-state index in [0.29, 0.717) is 18.0 Å². The van der Waals surface area contributed by atoms with Crippen LogP contribution in [0.3, 0.4) is 0 Å². The smallest absolute Gasteiger partial charge is 0.0923 e. The third kappa shape index (κ3) is 3.80. The molecule has 0 spiro atoms. The lowest BCUT2D eigenvalue weighted by molar-refractivity contribution is -0.141. The van der Waals surface area contributed by atoms with Crippen molar-refractivity contribution in [1.29, 1.82) is 0 Å².